The summed E-state index contributed by atoms with van der Waals surface area (Å²) < 4.78 is 13.9. The highest BCUT2D eigenvalue weighted by Gasteiger charge is 2.55. The maximum absolute atomic E-state index is 13.9. The number of imide groups is 1. The highest BCUT2D eigenvalue weighted by Crippen LogP contribution is 2.35. The van der Waals surface area contributed by atoms with E-state index < -0.39 is 29.7 Å². The summed E-state index contributed by atoms with van der Waals surface area (Å²) in [6.07, 6.45) is 0. The summed E-state index contributed by atoms with van der Waals surface area (Å²) >= 11 is 5.95. The van der Waals surface area contributed by atoms with Crippen LogP contribution < -0.4 is 9.91 Å². The molecule has 126 valence electrons. The van der Waals surface area contributed by atoms with Crippen molar-refractivity contribution in [3.05, 3.63) is 58.9 Å². The number of aryl methyl sites for hydroxylation is 1. The van der Waals surface area contributed by atoms with Gasteiger partial charge in [-0.2, -0.15) is 5.11 Å². The number of anilines is 2. The van der Waals surface area contributed by atoms with Crippen LogP contribution in [-0.2, 0) is 9.59 Å². The zero-order valence-corrected chi connectivity index (χ0v) is 13.8. The third kappa shape index (κ3) is 2.39. The van der Waals surface area contributed by atoms with Crippen LogP contribution in [-0.4, -0.2) is 23.9 Å². The van der Waals surface area contributed by atoms with Gasteiger partial charge in [-0.25, -0.2) is 14.3 Å². The lowest BCUT2D eigenvalue weighted by Gasteiger charge is -2.21. The van der Waals surface area contributed by atoms with Crippen molar-refractivity contribution in [2.24, 2.45) is 10.3 Å². The minimum atomic E-state index is -0.948. The van der Waals surface area contributed by atoms with Crippen LogP contribution in [0.4, 0.5) is 15.8 Å². The molecule has 6 nitrogen and oxygen atoms in total. The standard InChI is InChI=1S/C17H12ClFN4O2/c1-9-5-6-12(8-13(9)19)23-15-14(20-21-23)16(24)22(17(15)25)11-4-2-3-10(18)7-11/h2-8,14-15H,1H3/t14-,15+/m1/s1. The van der Waals surface area contributed by atoms with Crippen molar-refractivity contribution in [2.45, 2.75) is 19.0 Å². The van der Waals surface area contributed by atoms with Crippen molar-refractivity contribution >= 4 is 34.8 Å². The topological polar surface area (TPSA) is 65.3 Å². The van der Waals surface area contributed by atoms with Crippen LogP contribution >= 0.6 is 11.6 Å². The highest BCUT2D eigenvalue weighted by atomic mass is 35.5. The second kappa shape index (κ2) is 5.63. The van der Waals surface area contributed by atoms with E-state index in [1.807, 2.05) is 0 Å². The summed E-state index contributed by atoms with van der Waals surface area (Å²) in [5.41, 5.74) is 1.22. The summed E-state index contributed by atoms with van der Waals surface area (Å²) in [4.78, 5) is 26.5. The van der Waals surface area contributed by atoms with Crippen molar-refractivity contribution in [3.63, 3.8) is 0 Å². The van der Waals surface area contributed by atoms with E-state index in [2.05, 4.69) is 10.3 Å². The van der Waals surface area contributed by atoms with Crippen molar-refractivity contribution in [3.8, 4) is 0 Å². The first-order valence-corrected chi connectivity index (χ1v) is 7.95. The van der Waals surface area contributed by atoms with Crippen molar-refractivity contribution in [2.75, 3.05) is 9.91 Å². The van der Waals surface area contributed by atoms with Crippen LogP contribution in [0.2, 0.25) is 5.02 Å². The third-order valence-electron chi connectivity index (χ3n) is 4.27. The molecule has 2 atom stereocenters. The van der Waals surface area contributed by atoms with E-state index in [0.29, 0.717) is 22.0 Å². The fourth-order valence-corrected chi connectivity index (χ4v) is 3.15. The van der Waals surface area contributed by atoms with Gasteiger partial charge in [0.25, 0.3) is 11.8 Å². The fourth-order valence-electron chi connectivity index (χ4n) is 2.97. The van der Waals surface area contributed by atoms with Crippen LogP contribution in [0.3, 0.4) is 0 Å². The number of rotatable bonds is 2. The molecule has 1 saturated heterocycles. The largest absolute Gasteiger partial charge is 0.271 e. The lowest BCUT2D eigenvalue weighted by atomic mass is 10.1. The first kappa shape index (κ1) is 15.7. The van der Waals surface area contributed by atoms with E-state index >= 15 is 0 Å². The zero-order chi connectivity index (χ0) is 17.7. The third-order valence-corrected chi connectivity index (χ3v) is 4.50. The van der Waals surface area contributed by atoms with Gasteiger partial charge < -0.3 is 0 Å². The van der Waals surface area contributed by atoms with Gasteiger partial charge in [-0.05, 0) is 42.8 Å². The predicted octanol–water partition coefficient (Wildman–Crippen LogP) is 3.29. The second-order valence-electron chi connectivity index (χ2n) is 5.86. The number of carbonyl (C=O) groups excluding carboxylic acids is 2. The zero-order valence-electron chi connectivity index (χ0n) is 13.1. The number of benzene rings is 2. The Kier molecular flexibility index (Phi) is 3.54. The number of nitrogens with zero attached hydrogens (tertiary/aromatic N) is 4. The summed E-state index contributed by atoms with van der Waals surface area (Å²) in [5, 5.41) is 9.53. The normalized spacial score (nSPS) is 22.0. The second-order valence-corrected chi connectivity index (χ2v) is 6.30. The molecule has 1 fully saturated rings. The average Bonchev–Trinajstić information content (AvgIpc) is 3.11. The fraction of sp³-hybridized carbons (Fsp3) is 0.176. The Morgan fingerprint density at radius 1 is 1.08 bits per heavy atom. The molecule has 2 amide bonds. The lowest BCUT2D eigenvalue weighted by Crippen LogP contribution is -2.40. The van der Waals surface area contributed by atoms with Crippen molar-refractivity contribution in [1.29, 1.82) is 0 Å². The van der Waals surface area contributed by atoms with Gasteiger partial charge in [0.1, 0.15) is 5.82 Å². The van der Waals surface area contributed by atoms with Crippen molar-refractivity contribution < 1.29 is 14.0 Å². The van der Waals surface area contributed by atoms with E-state index in [-0.39, 0.29) is 0 Å². The summed E-state index contributed by atoms with van der Waals surface area (Å²) in [5.74, 6) is -1.36. The average molecular weight is 359 g/mol. The van der Waals surface area contributed by atoms with Crippen LogP contribution in [0.5, 0.6) is 0 Å². The Balaban J connectivity index is 1.71. The molecule has 2 aliphatic heterocycles. The first-order chi connectivity index (χ1) is 12.0. The minimum absolute atomic E-state index is 0.369. The van der Waals surface area contributed by atoms with Crippen LogP contribution in [0, 0.1) is 12.7 Å². The molecule has 25 heavy (non-hydrogen) atoms. The molecule has 0 radical (unpaired) electrons. The van der Waals surface area contributed by atoms with E-state index in [0.717, 1.165) is 4.90 Å². The molecule has 4 rings (SSSR count). The quantitative estimate of drug-likeness (QED) is 0.774. The monoisotopic (exact) mass is 358 g/mol. The SMILES string of the molecule is Cc1ccc(N2N=N[C@H]3C(=O)N(c4cccc(Cl)c4)C(=O)[C@H]32)cc1F. The molecule has 0 unspecified atom stereocenters. The molecule has 2 aliphatic rings. The number of amides is 2. The molecular formula is C17H12ClFN4O2. The Bertz CT molecular complexity index is 933. The molecule has 8 heteroatoms. The Morgan fingerprint density at radius 3 is 2.60 bits per heavy atom. The molecule has 0 aliphatic carbocycles. The predicted molar refractivity (Wildman–Crippen MR) is 90.0 cm³/mol. The van der Waals surface area contributed by atoms with Gasteiger partial charge >= 0.3 is 0 Å². The van der Waals surface area contributed by atoms with Gasteiger partial charge in [-0.1, -0.05) is 29.0 Å². The van der Waals surface area contributed by atoms with Crippen LogP contribution in [0.25, 0.3) is 0 Å². The highest BCUT2D eigenvalue weighted by molar-refractivity contribution is 6.31. The number of fused-ring (bicyclic) bond motifs is 1. The molecule has 0 spiro atoms. The smallest absolute Gasteiger partial charge is 0.263 e. The Morgan fingerprint density at radius 2 is 1.88 bits per heavy atom. The number of hydrogen-bond donors (Lipinski definition) is 0. The Labute approximate surface area is 147 Å². The van der Waals surface area contributed by atoms with E-state index in [9.17, 15) is 14.0 Å². The maximum atomic E-state index is 13.9. The lowest BCUT2D eigenvalue weighted by molar-refractivity contribution is -0.121. The van der Waals surface area contributed by atoms with Gasteiger partial charge in [0, 0.05) is 5.02 Å². The van der Waals surface area contributed by atoms with Gasteiger partial charge in [0.05, 0.1) is 11.4 Å². The molecule has 0 saturated carbocycles. The molecule has 0 N–H and O–H groups in total. The van der Waals surface area contributed by atoms with Gasteiger partial charge in [0.15, 0.2) is 12.1 Å². The van der Waals surface area contributed by atoms with Crippen LogP contribution in [0.1, 0.15) is 5.56 Å². The summed E-state index contributed by atoms with van der Waals surface area (Å²) in [6.45, 7) is 1.64. The van der Waals surface area contributed by atoms with Gasteiger partial charge in [-0.3, -0.25) is 9.59 Å². The van der Waals surface area contributed by atoms with Crippen LogP contribution in [0.15, 0.2) is 52.8 Å². The molecular weight excluding hydrogens is 347 g/mol. The summed E-state index contributed by atoms with van der Waals surface area (Å²) in [7, 11) is 0. The van der Waals surface area contributed by atoms with E-state index in [1.54, 1.807) is 37.3 Å². The van der Waals surface area contributed by atoms with E-state index in [1.165, 1.54) is 17.1 Å². The summed E-state index contributed by atoms with van der Waals surface area (Å²) in [6, 6.07) is 9.09. The number of carbonyl (C=O) groups is 2. The van der Waals surface area contributed by atoms with Gasteiger partial charge in [0.2, 0.25) is 0 Å². The Hall–Kier alpha value is -2.80. The maximum Gasteiger partial charge on any atom is 0.263 e. The molecule has 2 aromatic carbocycles. The molecule has 2 aromatic rings. The first-order valence-electron chi connectivity index (χ1n) is 7.57. The minimum Gasteiger partial charge on any atom is -0.271 e. The number of halogens is 2. The number of hydrogen-bond acceptors (Lipinski definition) is 5. The van der Waals surface area contributed by atoms with Gasteiger partial charge in [-0.15, -0.1) is 0 Å². The molecule has 0 bridgehead atoms. The molecule has 0 aromatic heterocycles. The van der Waals surface area contributed by atoms with E-state index in [4.69, 9.17) is 11.6 Å². The van der Waals surface area contributed by atoms with Crippen molar-refractivity contribution in [1.82, 2.24) is 0 Å². The molecule has 2 heterocycles.